The van der Waals surface area contributed by atoms with Crippen LogP contribution in [0.2, 0.25) is 0 Å². The van der Waals surface area contributed by atoms with Crippen LogP contribution in [0, 0.1) is 0 Å². The summed E-state index contributed by atoms with van der Waals surface area (Å²) in [6, 6.07) is 0.281. The third-order valence-corrected chi connectivity index (χ3v) is 1.35. The normalized spacial score (nSPS) is 30.4. The van der Waals surface area contributed by atoms with Crippen molar-refractivity contribution in [3.8, 4) is 0 Å². The Morgan fingerprint density at radius 2 is 2.38 bits per heavy atom. The summed E-state index contributed by atoms with van der Waals surface area (Å²) in [6.45, 7) is 3.14. The average molecular weight is 116 g/mol. The Morgan fingerprint density at radius 3 is 2.75 bits per heavy atom. The van der Waals surface area contributed by atoms with Gasteiger partial charge in [-0.25, -0.2) is 0 Å². The van der Waals surface area contributed by atoms with Gasteiger partial charge in [-0.3, -0.25) is 0 Å². The second-order valence-corrected chi connectivity index (χ2v) is 2.04. The van der Waals surface area contributed by atoms with Crippen LogP contribution in [0.5, 0.6) is 0 Å². The number of hydrogen-bond donors (Lipinski definition) is 3. The quantitative estimate of drug-likeness (QED) is 0.392. The third kappa shape index (κ3) is 1.43. The smallest absolute Gasteiger partial charge is 0.0597 e. The van der Waals surface area contributed by atoms with E-state index in [1.54, 1.807) is 0 Å². The Balaban J connectivity index is 2.13. The lowest BCUT2D eigenvalue weighted by molar-refractivity contribution is 0.227. The first kappa shape index (κ1) is 6.01. The average Bonchev–Trinajstić information content (AvgIpc) is 1.90. The lowest BCUT2D eigenvalue weighted by atomic mass is 10.2. The minimum Gasteiger partial charge on any atom is -0.395 e. The molecule has 1 heterocycles. The molecule has 0 saturated carbocycles. The van der Waals surface area contributed by atoms with E-state index < -0.39 is 0 Å². The number of nitrogens with one attached hydrogen (secondary N) is 2. The van der Waals surface area contributed by atoms with Crippen LogP contribution >= 0.6 is 0 Å². The number of rotatable bonds is 1. The second kappa shape index (κ2) is 3.02. The highest BCUT2D eigenvalue weighted by molar-refractivity contribution is 4.73. The lowest BCUT2D eigenvalue weighted by Crippen LogP contribution is -2.49. The predicted molar refractivity (Wildman–Crippen MR) is 31.7 cm³/mol. The van der Waals surface area contributed by atoms with Gasteiger partial charge < -0.3 is 15.7 Å². The maximum atomic E-state index is 8.59. The van der Waals surface area contributed by atoms with Gasteiger partial charge in [0.05, 0.1) is 6.61 Å². The topological polar surface area (TPSA) is 44.3 Å². The first-order chi connectivity index (χ1) is 3.93. The fourth-order valence-electron chi connectivity index (χ4n) is 0.842. The van der Waals surface area contributed by atoms with E-state index in [0.29, 0.717) is 0 Å². The summed E-state index contributed by atoms with van der Waals surface area (Å²) in [5.41, 5.74) is 0. The highest BCUT2D eigenvalue weighted by atomic mass is 16.3. The Bertz CT molecular complexity index is 61.4. The molecule has 1 fully saturated rings. The van der Waals surface area contributed by atoms with Gasteiger partial charge in [-0.1, -0.05) is 0 Å². The molecule has 0 aliphatic carbocycles. The van der Waals surface area contributed by atoms with E-state index in [1.807, 2.05) is 0 Å². The van der Waals surface area contributed by atoms with Gasteiger partial charge in [0.2, 0.25) is 0 Å². The standard InChI is InChI=1S/C5H12N2O/c8-4-5-3-6-1-2-7-5/h5-8H,1-4H2/t5-/m1/s1. The molecule has 1 saturated heterocycles. The molecule has 48 valence electrons. The molecule has 0 unspecified atom stereocenters. The molecule has 1 aliphatic heterocycles. The van der Waals surface area contributed by atoms with Crippen LogP contribution in [0.25, 0.3) is 0 Å². The zero-order chi connectivity index (χ0) is 5.82. The minimum absolute atomic E-state index is 0.243. The van der Waals surface area contributed by atoms with Crippen molar-refractivity contribution < 1.29 is 5.11 Å². The SMILES string of the molecule is OC[C@H]1CNCCN1. The molecule has 1 atom stereocenters. The highest BCUT2D eigenvalue weighted by Gasteiger charge is 2.08. The Morgan fingerprint density at radius 1 is 1.50 bits per heavy atom. The van der Waals surface area contributed by atoms with Crippen molar-refractivity contribution in [2.45, 2.75) is 6.04 Å². The van der Waals surface area contributed by atoms with E-state index in [1.165, 1.54) is 0 Å². The van der Waals surface area contributed by atoms with E-state index in [9.17, 15) is 0 Å². The zero-order valence-electron chi connectivity index (χ0n) is 4.85. The van der Waals surface area contributed by atoms with Crippen molar-refractivity contribution in [2.75, 3.05) is 26.2 Å². The van der Waals surface area contributed by atoms with Gasteiger partial charge in [0.15, 0.2) is 0 Å². The number of aliphatic hydroxyl groups excluding tert-OH is 1. The fraction of sp³-hybridized carbons (Fsp3) is 1.00. The summed E-state index contributed by atoms with van der Waals surface area (Å²) in [7, 11) is 0. The van der Waals surface area contributed by atoms with Crippen LogP contribution in [-0.4, -0.2) is 37.4 Å². The van der Waals surface area contributed by atoms with Crippen LogP contribution < -0.4 is 10.6 Å². The van der Waals surface area contributed by atoms with E-state index in [0.717, 1.165) is 19.6 Å². The van der Waals surface area contributed by atoms with Crippen molar-refractivity contribution in [1.82, 2.24) is 10.6 Å². The summed E-state index contributed by atoms with van der Waals surface area (Å²) >= 11 is 0. The maximum absolute atomic E-state index is 8.59. The first-order valence-corrected chi connectivity index (χ1v) is 2.98. The summed E-state index contributed by atoms with van der Waals surface area (Å²) in [6.07, 6.45) is 0. The molecule has 0 aromatic carbocycles. The molecular formula is C5H12N2O. The zero-order valence-corrected chi connectivity index (χ0v) is 4.85. The predicted octanol–water partition coefficient (Wildman–Crippen LogP) is -1.46. The second-order valence-electron chi connectivity index (χ2n) is 2.04. The molecule has 0 bridgehead atoms. The Kier molecular flexibility index (Phi) is 2.27. The maximum Gasteiger partial charge on any atom is 0.0597 e. The van der Waals surface area contributed by atoms with Gasteiger partial charge in [0.25, 0.3) is 0 Å². The van der Waals surface area contributed by atoms with Crippen molar-refractivity contribution in [3.05, 3.63) is 0 Å². The highest BCUT2D eigenvalue weighted by Crippen LogP contribution is 1.82. The molecule has 0 radical (unpaired) electrons. The van der Waals surface area contributed by atoms with Crippen molar-refractivity contribution in [3.63, 3.8) is 0 Å². The Hall–Kier alpha value is -0.120. The fourth-order valence-corrected chi connectivity index (χ4v) is 0.842. The summed E-state index contributed by atoms with van der Waals surface area (Å²) in [5, 5.41) is 14.9. The van der Waals surface area contributed by atoms with Crippen LogP contribution in [0.3, 0.4) is 0 Å². The summed E-state index contributed by atoms with van der Waals surface area (Å²) < 4.78 is 0. The van der Waals surface area contributed by atoms with Crippen LogP contribution in [-0.2, 0) is 0 Å². The largest absolute Gasteiger partial charge is 0.395 e. The van der Waals surface area contributed by atoms with Gasteiger partial charge in [-0.2, -0.15) is 0 Å². The molecule has 1 rings (SSSR count). The van der Waals surface area contributed by atoms with Crippen LogP contribution in [0.1, 0.15) is 0 Å². The number of aliphatic hydroxyl groups is 1. The molecule has 3 heteroatoms. The molecule has 0 amide bonds. The van der Waals surface area contributed by atoms with Crippen molar-refractivity contribution in [1.29, 1.82) is 0 Å². The van der Waals surface area contributed by atoms with Crippen LogP contribution in [0.15, 0.2) is 0 Å². The first-order valence-electron chi connectivity index (χ1n) is 2.98. The molecular weight excluding hydrogens is 104 g/mol. The molecule has 0 aromatic heterocycles. The number of piperazine rings is 1. The van der Waals surface area contributed by atoms with E-state index in [4.69, 9.17) is 5.11 Å². The molecule has 3 nitrogen and oxygen atoms in total. The van der Waals surface area contributed by atoms with E-state index >= 15 is 0 Å². The van der Waals surface area contributed by atoms with Gasteiger partial charge in [-0.15, -0.1) is 0 Å². The van der Waals surface area contributed by atoms with Crippen molar-refractivity contribution >= 4 is 0 Å². The molecule has 3 N–H and O–H groups in total. The van der Waals surface area contributed by atoms with E-state index in [2.05, 4.69) is 10.6 Å². The molecule has 0 spiro atoms. The third-order valence-electron chi connectivity index (χ3n) is 1.35. The molecule has 1 aliphatic rings. The molecule has 0 aromatic rings. The van der Waals surface area contributed by atoms with Gasteiger partial charge >= 0.3 is 0 Å². The summed E-state index contributed by atoms with van der Waals surface area (Å²) in [5.74, 6) is 0. The Labute approximate surface area is 49.1 Å². The van der Waals surface area contributed by atoms with Crippen LogP contribution in [0.4, 0.5) is 0 Å². The van der Waals surface area contributed by atoms with Gasteiger partial charge in [0.1, 0.15) is 0 Å². The minimum atomic E-state index is 0.243. The van der Waals surface area contributed by atoms with Crippen molar-refractivity contribution in [2.24, 2.45) is 0 Å². The molecule has 8 heavy (non-hydrogen) atoms. The summed E-state index contributed by atoms with van der Waals surface area (Å²) in [4.78, 5) is 0. The lowest BCUT2D eigenvalue weighted by Gasteiger charge is -2.21. The monoisotopic (exact) mass is 116 g/mol. The van der Waals surface area contributed by atoms with Gasteiger partial charge in [-0.05, 0) is 0 Å². The number of hydrogen-bond acceptors (Lipinski definition) is 3. The van der Waals surface area contributed by atoms with E-state index in [-0.39, 0.29) is 12.6 Å². The van der Waals surface area contributed by atoms with Gasteiger partial charge in [0, 0.05) is 25.7 Å².